The molecule has 180 valence electrons. The van der Waals surface area contributed by atoms with Crippen molar-refractivity contribution in [1.29, 1.82) is 5.26 Å². The Kier molecular flexibility index (Phi) is 5.98. The highest BCUT2D eigenvalue weighted by atomic mass is 79.9. The monoisotopic (exact) mass is 570 g/mol. The predicted molar refractivity (Wildman–Crippen MR) is 117 cm³/mol. The number of cyclic esters (lactones) is 1. The average molecular weight is 571 g/mol. The molecule has 3 aromatic rings. The third kappa shape index (κ3) is 4.54. The number of nitrogens with zero attached hydrogens (tertiary/aromatic N) is 1. The Balaban J connectivity index is 2.09. The number of nitrogens with one attached hydrogen (secondary N) is 1. The van der Waals surface area contributed by atoms with E-state index in [2.05, 4.69) is 15.9 Å². The van der Waals surface area contributed by atoms with E-state index >= 15 is 0 Å². The lowest BCUT2D eigenvalue weighted by Gasteiger charge is -2.18. The minimum atomic E-state index is -5.16. The number of alkyl halides is 3. The zero-order valence-corrected chi connectivity index (χ0v) is 19.5. The summed E-state index contributed by atoms with van der Waals surface area (Å²) in [6, 6.07) is 8.22. The van der Waals surface area contributed by atoms with E-state index in [1.54, 1.807) is 4.72 Å². The highest BCUT2D eigenvalue weighted by Gasteiger charge is 2.37. The molecule has 0 fully saturated rings. The van der Waals surface area contributed by atoms with Gasteiger partial charge in [0, 0.05) is 5.56 Å². The molecule has 0 atom stereocenters. The number of benzene rings is 3. The number of esters is 1. The minimum absolute atomic E-state index is 0.0290. The van der Waals surface area contributed by atoms with Gasteiger partial charge in [-0.3, -0.25) is 4.72 Å². The number of rotatable bonds is 0. The lowest BCUT2D eigenvalue weighted by Crippen LogP contribution is -2.18. The lowest BCUT2D eigenvalue weighted by atomic mass is 9.95. The fourth-order valence-electron chi connectivity index (χ4n) is 3.44. The summed E-state index contributed by atoms with van der Waals surface area (Å²) in [7, 11) is -4.93. The summed E-state index contributed by atoms with van der Waals surface area (Å²) in [6.07, 6.45) is -5.16. The summed E-state index contributed by atoms with van der Waals surface area (Å²) >= 11 is 2.91. The largest absolute Gasteiger partial charge is 0.505 e. The lowest BCUT2D eigenvalue weighted by molar-refractivity contribution is -0.137. The van der Waals surface area contributed by atoms with Crippen LogP contribution in [-0.2, 0) is 27.5 Å². The van der Waals surface area contributed by atoms with E-state index < -0.39 is 62.1 Å². The number of carbonyl (C=O) groups is 1. The van der Waals surface area contributed by atoms with Crippen LogP contribution in [0.4, 0.5) is 23.2 Å². The number of hydrogen-bond donors (Lipinski definition) is 2. The number of ether oxygens (including phenoxy) is 1. The van der Waals surface area contributed by atoms with Crippen molar-refractivity contribution in [1.82, 2.24) is 0 Å². The molecule has 4 bridgehead atoms. The van der Waals surface area contributed by atoms with Crippen molar-refractivity contribution >= 4 is 37.6 Å². The molecule has 13 heteroatoms. The van der Waals surface area contributed by atoms with Gasteiger partial charge >= 0.3 is 12.1 Å². The van der Waals surface area contributed by atoms with Gasteiger partial charge in [0.1, 0.15) is 23.1 Å². The first-order valence-electron chi connectivity index (χ1n) is 9.48. The van der Waals surface area contributed by atoms with Crippen molar-refractivity contribution in [2.45, 2.75) is 17.7 Å². The standard InChI is InChI=1S/C22H11BrF4N2O5S/c23-16-4-12-5-19(20(16)30)35(32,33)29-18-6-14(17(24)7-15(18)22(25,26)27)13-3-10(8-28)1-2-11(13)9-34-21(12)31/h1-7,29-30H,9H2. The van der Waals surface area contributed by atoms with Crippen molar-refractivity contribution in [2.75, 3.05) is 4.72 Å². The quantitative estimate of drug-likeness (QED) is 0.279. The van der Waals surface area contributed by atoms with E-state index in [1.165, 1.54) is 18.2 Å². The number of nitriles is 1. The molecule has 2 N–H and O–H groups in total. The number of hydrogen-bond acceptors (Lipinski definition) is 6. The highest BCUT2D eigenvalue weighted by molar-refractivity contribution is 9.10. The summed E-state index contributed by atoms with van der Waals surface area (Å²) in [5.41, 5.74) is -3.39. The first-order chi connectivity index (χ1) is 16.3. The van der Waals surface area contributed by atoms with E-state index in [0.717, 1.165) is 12.1 Å². The predicted octanol–water partition coefficient (Wildman–Crippen LogP) is 5.32. The number of phenolic OH excluding ortho intramolecular Hbond substituents is 1. The van der Waals surface area contributed by atoms with Gasteiger partial charge < -0.3 is 9.84 Å². The maximum atomic E-state index is 15.0. The van der Waals surface area contributed by atoms with Crippen molar-refractivity contribution in [3.63, 3.8) is 0 Å². The van der Waals surface area contributed by atoms with Crippen LogP contribution in [0.5, 0.6) is 5.75 Å². The maximum Gasteiger partial charge on any atom is 0.418 e. The molecule has 4 rings (SSSR count). The fourth-order valence-corrected chi connectivity index (χ4v) is 5.25. The molecule has 3 aromatic carbocycles. The first-order valence-corrected chi connectivity index (χ1v) is 11.8. The number of anilines is 1. The summed E-state index contributed by atoms with van der Waals surface area (Å²) in [5.74, 6) is -3.26. The smallest absolute Gasteiger partial charge is 0.418 e. The second-order valence-electron chi connectivity index (χ2n) is 7.35. The molecule has 0 amide bonds. The molecule has 0 saturated carbocycles. The molecule has 1 heterocycles. The molecule has 1 aliphatic rings. The summed E-state index contributed by atoms with van der Waals surface area (Å²) in [4.78, 5) is 11.7. The number of fused-ring (bicyclic) bond motifs is 6. The normalized spacial score (nSPS) is 14.8. The number of carbonyl (C=O) groups excluding carboxylic acids is 1. The Morgan fingerprint density at radius 1 is 1.11 bits per heavy atom. The van der Waals surface area contributed by atoms with Gasteiger partial charge in [-0.2, -0.15) is 18.4 Å². The third-order valence-electron chi connectivity index (χ3n) is 5.10. The van der Waals surface area contributed by atoms with E-state index in [9.17, 15) is 41.1 Å². The minimum Gasteiger partial charge on any atom is -0.505 e. The topological polar surface area (TPSA) is 116 Å². The zero-order valence-electron chi connectivity index (χ0n) is 17.1. The number of aromatic hydroxyl groups is 1. The molecule has 35 heavy (non-hydrogen) atoms. The number of sulfonamides is 1. The van der Waals surface area contributed by atoms with Crippen molar-refractivity contribution < 1.29 is 40.6 Å². The van der Waals surface area contributed by atoms with Crippen molar-refractivity contribution in [3.8, 4) is 22.9 Å². The van der Waals surface area contributed by atoms with Gasteiger partial charge in [0.05, 0.1) is 32.9 Å². The third-order valence-corrected chi connectivity index (χ3v) is 7.08. The number of halogens is 5. The van der Waals surface area contributed by atoms with E-state index in [0.29, 0.717) is 6.07 Å². The van der Waals surface area contributed by atoms with E-state index in [-0.39, 0.29) is 32.8 Å². The molecular weight excluding hydrogens is 560 g/mol. The van der Waals surface area contributed by atoms with Gasteiger partial charge in [0.25, 0.3) is 10.0 Å². The molecule has 0 aromatic heterocycles. The number of phenols is 1. The molecule has 1 aliphatic heterocycles. The Bertz CT molecular complexity index is 1550. The van der Waals surface area contributed by atoms with Crippen LogP contribution in [0.2, 0.25) is 0 Å². The zero-order chi connectivity index (χ0) is 25.7. The summed E-state index contributed by atoms with van der Waals surface area (Å²) in [6.45, 7) is -0.482. The highest BCUT2D eigenvalue weighted by Crippen LogP contribution is 2.42. The van der Waals surface area contributed by atoms with Crippen molar-refractivity contribution in [2.24, 2.45) is 0 Å². The Morgan fingerprint density at radius 2 is 1.83 bits per heavy atom. The van der Waals surface area contributed by atoms with Crippen LogP contribution in [0.3, 0.4) is 0 Å². The van der Waals surface area contributed by atoms with Crippen LogP contribution in [0, 0.1) is 17.1 Å². The SMILES string of the molecule is N#Cc1ccc2c(c1)-c1cc(c(C(F)(F)F)cc1F)NS(=O)(=O)c1cc(cc(Br)c1O)C(=O)OC2. The summed E-state index contributed by atoms with van der Waals surface area (Å²) < 4.78 is 88.8. The molecule has 0 unspecified atom stereocenters. The van der Waals surface area contributed by atoms with Crippen LogP contribution < -0.4 is 4.72 Å². The van der Waals surface area contributed by atoms with Gasteiger partial charge in [-0.1, -0.05) is 6.07 Å². The van der Waals surface area contributed by atoms with Crippen LogP contribution in [-0.4, -0.2) is 19.5 Å². The fraction of sp³-hybridized carbons (Fsp3) is 0.0909. The Hall–Kier alpha value is -3.63. The molecular formula is C22H11BrF4N2O5S. The molecule has 0 aliphatic carbocycles. The molecule has 0 radical (unpaired) electrons. The van der Waals surface area contributed by atoms with Crippen LogP contribution in [0.15, 0.2) is 51.8 Å². The van der Waals surface area contributed by atoms with Gasteiger partial charge in [-0.05, 0) is 63.5 Å². The van der Waals surface area contributed by atoms with E-state index in [1.807, 2.05) is 6.07 Å². The second kappa shape index (κ2) is 8.54. The van der Waals surface area contributed by atoms with Gasteiger partial charge in [0.2, 0.25) is 0 Å². The Morgan fingerprint density at radius 3 is 2.49 bits per heavy atom. The first kappa shape index (κ1) is 24.5. The van der Waals surface area contributed by atoms with E-state index in [4.69, 9.17) is 4.74 Å². The van der Waals surface area contributed by atoms with Crippen molar-refractivity contribution in [3.05, 3.63) is 75.0 Å². The average Bonchev–Trinajstić information content (AvgIpc) is 2.78. The summed E-state index contributed by atoms with van der Waals surface area (Å²) in [5, 5.41) is 19.5. The molecule has 0 saturated heterocycles. The Labute approximate surface area is 203 Å². The van der Waals surface area contributed by atoms with Crippen LogP contribution in [0.1, 0.15) is 27.0 Å². The van der Waals surface area contributed by atoms with Crippen LogP contribution >= 0.6 is 15.9 Å². The van der Waals surface area contributed by atoms with Crippen LogP contribution in [0.25, 0.3) is 11.1 Å². The van der Waals surface area contributed by atoms with Gasteiger partial charge in [0.15, 0.2) is 0 Å². The maximum absolute atomic E-state index is 15.0. The molecule has 7 nitrogen and oxygen atoms in total. The molecule has 0 spiro atoms. The van der Waals surface area contributed by atoms with Gasteiger partial charge in [-0.25, -0.2) is 17.6 Å². The van der Waals surface area contributed by atoms with Gasteiger partial charge in [-0.15, -0.1) is 0 Å². The second-order valence-corrected chi connectivity index (χ2v) is 9.85.